The fraction of sp³-hybridized carbons (Fsp3) is 0.926. The number of aliphatic hydroxyl groups is 1. The Labute approximate surface area is 180 Å². The van der Waals surface area contributed by atoms with Crippen LogP contribution in [0.3, 0.4) is 0 Å². The highest BCUT2D eigenvalue weighted by atomic mass is 16.5. The van der Waals surface area contributed by atoms with E-state index in [2.05, 4.69) is 46.8 Å². The lowest BCUT2D eigenvalue weighted by atomic mass is 9.62. The highest BCUT2D eigenvalue weighted by Gasteiger charge is 2.44. The van der Waals surface area contributed by atoms with Crippen molar-refractivity contribution in [2.75, 3.05) is 0 Å². The van der Waals surface area contributed by atoms with Crippen molar-refractivity contribution in [1.82, 2.24) is 0 Å². The molecule has 0 spiro atoms. The van der Waals surface area contributed by atoms with Crippen molar-refractivity contribution >= 4 is 0 Å². The summed E-state index contributed by atoms with van der Waals surface area (Å²) in [5.41, 5.74) is 0. The average molecular weight is 405 g/mol. The molecular formula is C27H48O2. The molecule has 8 atom stereocenters. The Hall–Kier alpha value is -0.340. The highest BCUT2D eigenvalue weighted by Crippen LogP contribution is 2.46. The molecule has 29 heavy (non-hydrogen) atoms. The second-order valence-electron chi connectivity index (χ2n) is 11.2. The van der Waals surface area contributed by atoms with E-state index < -0.39 is 0 Å². The van der Waals surface area contributed by atoms with Crippen molar-refractivity contribution in [2.24, 2.45) is 41.4 Å². The summed E-state index contributed by atoms with van der Waals surface area (Å²) in [6.07, 6.45) is 17.4. The molecule has 3 aliphatic rings. The maximum Gasteiger partial charge on any atom is 0.0638 e. The van der Waals surface area contributed by atoms with Crippen molar-refractivity contribution in [3.05, 3.63) is 12.2 Å². The van der Waals surface area contributed by atoms with E-state index in [4.69, 9.17) is 4.74 Å². The van der Waals surface area contributed by atoms with Crippen LogP contribution in [0, 0.1) is 41.4 Å². The first-order valence-corrected chi connectivity index (χ1v) is 12.9. The van der Waals surface area contributed by atoms with Gasteiger partial charge < -0.3 is 9.84 Å². The van der Waals surface area contributed by atoms with Gasteiger partial charge in [0, 0.05) is 0 Å². The van der Waals surface area contributed by atoms with Crippen molar-refractivity contribution in [2.45, 2.75) is 117 Å². The smallest absolute Gasteiger partial charge is 0.0638 e. The Bertz CT molecular complexity index is 507. The van der Waals surface area contributed by atoms with E-state index in [0.717, 1.165) is 12.3 Å². The molecule has 0 aromatic heterocycles. The Morgan fingerprint density at radius 3 is 2.31 bits per heavy atom. The second kappa shape index (κ2) is 10.8. The van der Waals surface area contributed by atoms with Gasteiger partial charge in [0.05, 0.1) is 18.3 Å². The number of allylic oxidation sites excluding steroid dienone is 2. The van der Waals surface area contributed by atoms with Crippen molar-refractivity contribution < 1.29 is 9.84 Å². The van der Waals surface area contributed by atoms with Crippen LogP contribution in [0.25, 0.3) is 0 Å². The number of rotatable bonds is 7. The van der Waals surface area contributed by atoms with E-state index >= 15 is 0 Å². The maximum absolute atomic E-state index is 11.1. The predicted molar refractivity (Wildman–Crippen MR) is 123 cm³/mol. The summed E-state index contributed by atoms with van der Waals surface area (Å²) in [5, 5.41) is 11.1. The summed E-state index contributed by atoms with van der Waals surface area (Å²) in [4.78, 5) is 0. The summed E-state index contributed by atoms with van der Waals surface area (Å²) in [6.45, 7) is 12.0. The molecule has 2 nitrogen and oxygen atoms in total. The van der Waals surface area contributed by atoms with Crippen LogP contribution in [-0.4, -0.2) is 23.4 Å². The summed E-state index contributed by atoms with van der Waals surface area (Å²) in [5.74, 6) is 4.34. The minimum atomic E-state index is -0.135. The van der Waals surface area contributed by atoms with E-state index in [0.29, 0.717) is 47.7 Å². The molecule has 0 heterocycles. The molecule has 0 bridgehead atoms. The van der Waals surface area contributed by atoms with Gasteiger partial charge in [-0.3, -0.25) is 0 Å². The number of hydrogen-bond acceptors (Lipinski definition) is 2. The van der Waals surface area contributed by atoms with E-state index in [1.165, 1.54) is 57.8 Å². The molecule has 2 fully saturated rings. The molecule has 1 N–H and O–H groups in total. The summed E-state index contributed by atoms with van der Waals surface area (Å²) < 4.78 is 6.95. The SMILES string of the molecule is CC1C[C@@H](C(C)C)C(C)C(OC(C)[C@@H]2CC=CCC2)C1C[C@@H](O)C1CCCCC1. The second-order valence-corrected chi connectivity index (χ2v) is 11.2. The van der Waals surface area contributed by atoms with Crippen molar-refractivity contribution in [1.29, 1.82) is 0 Å². The molecule has 5 unspecified atom stereocenters. The van der Waals surface area contributed by atoms with E-state index in [-0.39, 0.29) is 6.10 Å². The molecule has 3 rings (SSSR count). The van der Waals surface area contributed by atoms with Gasteiger partial charge >= 0.3 is 0 Å². The Morgan fingerprint density at radius 2 is 1.69 bits per heavy atom. The zero-order valence-corrected chi connectivity index (χ0v) is 19.9. The number of ether oxygens (including phenoxy) is 1. The molecule has 0 radical (unpaired) electrons. The minimum absolute atomic E-state index is 0.135. The Kier molecular flexibility index (Phi) is 8.69. The topological polar surface area (TPSA) is 29.5 Å². The standard InChI is InChI=1S/C27H48O2/c1-18(2)24-16-19(3)25(17-26(28)23-14-10-7-11-15-23)27(20(24)4)29-21(5)22-12-8-6-9-13-22/h6,8,18-28H,7,9-17H2,1-5H3/t19?,20?,21?,22-,24+,25?,26-,27?/m1/s1. The lowest BCUT2D eigenvalue weighted by Crippen LogP contribution is -2.48. The van der Waals surface area contributed by atoms with Crippen LogP contribution in [0.2, 0.25) is 0 Å². The summed E-state index contributed by atoms with van der Waals surface area (Å²) >= 11 is 0. The monoisotopic (exact) mass is 404 g/mol. The van der Waals surface area contributed by atoms with Crippen LogP contribution in [0.15, 0.2) is 12.2 Å². The molecular weight excluding hydrogens is 356 g/mol. The number of hydrogen-bond donors (Lipinski definition) is 1. The van der Waals surface area contributed by atoms with Crippen LogP contribution >= 0.6 is 0 Å². The van der Waals surface area contributed by atoms with Gasteiger partial charge in [0.15, 0.2) is 0 Å². The molecule has 0 saturated heterocycles. The van der Waals surface area contributed by atoms with Gasteiger partial charge in [0.25, 0.3) is 0 Å². The minimum Gasteiger partial charge on any atom is -0.393 e. The molecule has 0 aliphatic heterocycles. The van der Waals surface area contributed by atoms with Gasteiger partial charge in [-0.15, -0.1) is 0 Å². The van der Waals surface area contributed by atoms with Crippen LogP contribution in [0.1, 0.15) is 98.8 Å². The lowest BCUT2D eigenvalue weighted by molar-refractivity contribution is -0.142. The predicted octanol–water partition coefficient (Wildman–Crippen LogP) is 7.01. The largest absolute Gasteiger partial charge is 0.393 e. The fourth-order valence-electron chi connectivity index (χ4n) is 6.84. The normalized spacial score (nSPS) is 38.9. The first-order chi connectivity index (χ1) is 13.9. The van der Waals surface area contributed by atoms with Crippen LogP contribution in [-0.2, 0) is 4.74 Å². The van der Waals surface area contributed by atoms with Crippen LogP contribution < -0.4 is 0 Å². The Morgan fingerprint density at radius 1 is 0.966 bits per heavy atom. The third-order valence-electron chi connectivity index (χ3n) is 8.90. The summed E-state index contributed by atoms with van der Waals surface area (Å²) in [6, 6.07) is 0. The maximum atomic E-state index is 11.1. The van der Waals surface area contributed by atoms with Gasteiger partial charge in [-0.05, 0) is 93.3 Å². The van der Waals surface area contributed by atoms with Gasteiger partial charge in [-0.2, -0.15) is 0 Å². The average Bonchev–Trinajstić information content (AvgIpc) is 2.73. The molecule has 0 amide bonds. The molecule has 2 heteroatoms. The zero-order chi connectivity index (χ0) is 21.0. The van der Waals surface area contributed by atoms with Gasteiger partial charge in [-0.1, -0.05) is 59.1 Å². The van der Waals surface area contributed by atoms with E-state index in [1.54, 1.807) is 0 Å². The van der Waals surface area contributed by atoms with Crippen LogP contribution in [0.4, 0.5) is 0 Å². The quantitative estimate of drug-likeness (QED) is 0.462. The van der Waals surface area contributed by atoms with Crippen LogP contribution in [0.5, 0.6) is 0 Å². The van der Waals surface area contributed by atoms with Gasteiger partial charge in [0.2, 0.25) is 0 Å². The fourth-order valence-corrected chi connectivity index (χ4v) is 6.84. The van der Waals surface area contributed by atoms with Gasteiger partial charge in [-0.25, -0.2) is 0 Å². The molecule has 2 saturated carbocycles. The van der Waals surface area contributed by atoms with E-state index in [9.17, 15) is 5.11 Å². The van der Waals surface area contributed by atoms with Gasteiger partial charge in [0.1, 0.15) is 0 Å². The summed E-state index contributed by atoms with van der Waals surface area (Å²) in [7, 11) is 0. The Balaban J connectivity index is 1.72. The molecule has 0 aromatic rings. The van der Waals surface area contributed by atoms with E-state index in [1.807, 2.05) is 0 Å². The highest BCUT2D eigenvalue weighted by molar-refractivity contribution is 4.95. The van der Waals surface area contributed by atoms with Crippen molar-refractivity contribution in [3.8, 4) is 0 Å². The molecule has 168 valence electrons. The number of aliphatic hydroxyl groups excluding tert-OH is 1. The molecule has 3 aliphatic carbocycles. The zero-order valence-electron chi connectivity index (χ0n) is 19.9. The first kappa shape index (κ1) is 23.3. The third kappa shape index (κ3) is 5.88. The molecule has 0 aromatic carbocycles. The van der Waals surface area contributed by atoms with Crippen molar-refractivity contribution in [3.63, 3.8) is 0 Å². The first-order valence-electron chi connectivity index (χ1n) is 12.9. The third-order valence-corrected chi connectivity index (χ3v) is 8.90. The lowest BCUT2D eigenvalue weighted by Gasteiger charge is -2.49.